The number of hydrogen-bond donors (Lipinski definition) is 2. The Labute approximate surface area is 93.2 Å². The molecule has 0 saturated heterocycles. The molecule has 0 bridgehead atoms. The van der Waals surface area contributed by atoms with Gasteiger partial charge in [-0.15, -0.1) is 0 Å². The Balaban J connectivity index is 2.71. The van der Waals surface area contributed by atoms with Gasteiger partial charge < -0.3 is 0 Å². The van der Waals surface area contributed by atoms with Gasteiger partial charge in [-0.1, -0.05) is 12.1 Å². The van der Waals surface area contributed by atoms with Crippen molar-refractivity contribution in [2.75, 3.05) is 4.72 Å². The summed E-state index contributed by atoms with van der Waals surface area (Å²) >= 11 is 0. The minimum atomic E-state index is -3.80. The monoisotopic (exact) mass is 240 g/mol. The highest BCUT2D eigenvalue weighted by Gasteiger charge is 2.13. The summed E-state index contributed by atoms with van der Waals surface area (Å²) in [5, 5.41) is 9.78. The first-order chi connectivity index (χ1) is 7.38. The van der Waals surface area contributed by atoms with Crippen molar-refractivity contribution in [3.05, 3.63) is 23.8 Å². The maximum Gasteiger partial charge on any atom is 0.297 e. The van der Waals surface area contributed by atoms with Gasteiger partial charge in [-0.2, -0.15) is 13.5 Å². The van der Waals surface area contributed by atoms with Gasteiger partial charge in [-0.3, -0.25) is 9.40 Å². The van der Waals surface area contributed by atoms with E-state index in [1.807, 2.05) is 25.1 Å². The minimum Gasteiger partial charge on any atom is -0.266 e. The van der Waals surface area contributed by atoms with Crippen LogP contribution in [0, 0.1) is 6.92 Å². The van der Waals surface area contributed by atoms with E-state index in [4.69, 9.17) is 5.14 Å². The second-order valence-electron chi connectivity index (χ2n) is 3.59. The number of aryl methyl sites for hydroxylation is 2. The molecule has 0 radical (unpaired) electrons. The molecule has 0 spiro atoms. The van der Waals surface area contributed by atoms with Crippen LogP contribution in [0.5, 0.6) is 0 Å². The SMILES string of the molecule is Cc1cccc2c1c(NS(N)(=O)=O)nn2C. The third-order valence-electron chi connectivity index (χ3n) is 2.33. The van der Waals surface area contributed by atoms with E-state index >= 15 is 0 Å². The van der Waals surface area contributed by atoms with Crippen molar-refractivity contribution in [2.45, 2.75) is 6.92 Å². The first kappa shape index (κ1) is 10.9. The molecule has 1 heterocycles. The first-order valence-electron chi connectivity index (χ1n) is 4.61. The molecule has 0 fully saturated rings. The molecule has 2 aromatic rings. The Morgan fingerprint density at radius 2 is 2.12 bits per heavy atom. The molecule has 0 aliphatic carbocycles. The maximum atomic E-state index is 11.0. The molecule has 7 heteroatoms. The number of aromatic nitrogens is 2. The van der Waals surface area contributed by atoms with Gasteiger partial charge >= 0.3 is 0 Å². The lowest BCUT2D eigenvalue weighted by Gasteiger charge is -2.00. The third-order valence-corrected chi connectivity index (χ3v) is 2.80. The number of hydrogen-bond acceptors (Lipinski definition) is 3. The molecule has 0 saturated carbocycles. The molecular weight excluding hydrogens is 228 g/mol. The van der Waals surface area contributed by atoms with Crippen LogP contribution in [0.25, 0.3) is 10.9 Å². The van der Waals surface area contributed by atoms with E-state index in [-0.39, 0.29) is 5.82 Å². The fraction of sp³-hybridized carbons (Fsp3) is 0.222. The summed E-state index contributed by atoms with van der Waals surface area (Å²) in [7, 11) is -2.05. The van der Waals surface area contributed by atoms with Gasteiger partial charge in [0.1, 0.15) is 0 Å². The summed E-state index contributed by atoms with van der Waals surface area (Å²) in [6, 6.07) is 5.64. The fourth-order valence-electron chi connectivity index (χ4n) is 1.69. The summed E-state index contributed by atoms with van der Waals surface area (Å²) < 4.78 is 25.8. The molecule has 1 aromatic heterocycles. The van der Waals surface area contributed by atoms with E-state index in [0.717, 1.165) is 16.5 Å². The highest BCUT2D eigenvalue weighted by atomic mass is 32.2. The molecule has 0 unspecified atom stereocenters. The van der Waals surface area contributed by atoms with E-state index in [9.17, 15) is 8.42 Å². The molecule has 3 N–H and O–H groups in total. The topological polar surface area (TPSA) is 90.0 Å². The zero-order valence-corrected chi connectivity index (χ0v) is 9.75. The summed E-state index contributed by atoms with van der Waals surface area (Å²) in [5.41, 5.74) is 1.79. The summed E-state index contributed by atoms with van der Waals surface area (Å²) in [4.78, 5) is 0. The van der Waals surface area contributed by atoms with E-state index in [1.165, 1.54) is 0 Å². The Hall–Kier alpha value is -1.60. The lowest BCUT2D eigenvalue weighted by molar-refractivity contribution is 0.602. The van der Waals surface area contributed by atoms with Gasteiger partial charge in [0, 0.05) is 12.4 Å². The number of nitrogens with zero attached hydrogens (tertiary/aromatic N) is 2. The molecule has 86 valence electrons. The first-order valence-corrected chi connectivity index (χ1v) is 6.16. The lowest BCUT2D eigenvalue weighted by Crippen LogP contribution is -2.22. The summed E-state index contributed by atoms with van der Waals surface area (Å²) in [6.07, 6.45) is 0. The van der Waals surface area contributed by atoms with Crippen LogP contribution >= 0.6 is 0 Å². The third kappa shape index (κ3) is 1.86. The van der Waals surface area contributed by atoms with Crippen molar-refractivity contribution in [2.24, 2.45) is 12.2 Å². The average molecular weight is 240 g/mol. The molecule has 16 heavy (non-hydrogen) atoms. The zero-order chi connectivity index (χ0) is 11.9. The number of fused-ring (bicyclic) bond motifs is 1. The fourth-order valence-corrected chi connectivity index (χ4v) is 2.10. The van der Waals surface area contributed by atoms with Gasteiger partial charge in [0.25, 0.3) is 10.2 Å². The van der Waals surface area contributed by atoms with Crippen LogP contribution in [0.3, 0.4) is 0 Å². The van der Waals surface area contributed by atoms with Crippen LogP contribution in [-0.2, 0) is 17.3 Å². The Kier molecular flexibility index (Phi) is 2.36. The number of nitrogens with one attached hydrogen (secondary N) is 1. The van der Waals surface area contributed by atoms with Crippen LogP contribution in [0.4, 0.5) is 5.82 Å². The molecular formula is C9H12N4O2S. The zero-order valence-electron chi connectivity index (χ0n) is 8.93. The van der Waals surface area contributed by atoms with Gasteiger partial charge in [0.05, 0.1) is 5.52 Å². The van der Waals surface area contributed by atoms with Crippen LogP contribution < -0.4 is 9.86 Å². The van der Waals surface area contributed by atoms with Crippen LogP contribution in [0.2, 0.25) is 0 Å². The van der Waals surface area contributed by atoms with Gasteiger partial charge in [0.15, 0.2) is 5.82 Å². The number of nitrogens with two attached hydrogens (primary N) is 1. The van der Waals surface area contributed by atoms with Crippen LogP contribution in [0.1, 0.15) is 5.56 Å². The van der Waals surface area contributed by atoms with Crippen molar-refractivity contribution in [3.8, 4) is 0 Å². The standard InChI is InChI=1S/C9H12N4O2S/c1-6-4-3-5-7-8(6)9(11-13(7)2)12-16(10,14)15/h3-5H,1-2H3,(H,11,12)(H2,10,14,15). The Bertz CT molecular complexity index is 645. The Morgan fingerprint density at radius 3 is 2.75 bits per heavy atom. The second-order valence-corrected chi connectivity index (χ2v) is 4.88. The second kappa shape index (κ2) is 3.46. The van der Waals surface area contributed by atoms with Crippen molar-refractivity contribution < 1.29 is 8.42 Å². The predicted octanol–water partition coefficient (Wildman–Crippen LogP) is 0.497. The molecule has 2 rings (SSSR count). The molecule has 0 aliphatic heterocycles. The van der Waals surface area contributed by atoms with E-state index in [0.29, 0.717) is 0 Å². The van der Waals surface area contributed by atoms with Crippen LogP contribution in [0.15, 0.2) is 18.2 Å². The smallest absolute Gasteiger partial charge is 0.266 e. The molecule has 6 nitrogen and oxygen atoms in total. The Morgan fingerprint density at radius 1 is 1.44 bits per heavy atom. The van der Waals surface area contributed by atoms with E-state index < -0.39 is 10.2 Å². The summed E-state index contributed by atoms with van der Waals surface area (Å²) in [5.74, 6) is 0.262. The molecule has 1 aromatic carbocycles. The van der Waals surface area contributed by atoms with Crippen LogP contribution in [-0.4, -0.2) is 18.2 Å². The van der Waals surface area contributed by atoms with E-state index in [2.05, 4.69) is 9.82 Å². The predicted molar refractivity (Wildman–Crippen MR) is 62.2 cm³/mol. The van der Waals surface area contributed by atoms with E-state index in [1.54, 1.807) is 11.7 Å². The quantitative estimate of drug-likeness (QED) is 0.800. The van der Waals surface area contributed by atoms with Crippen molar-refractivity contribution in [3.63, 3.8) is 0 Å². The van der Waals surface area contributed by atoms with Crippen molar-refractivity contribution in [1.82, 2.24) is 9.78 Å². The van der Waals surface area contributed by atoms with Crippen molar-refractivity contribution in [1.29, 1.82) is 0 Å². The van der Waals surface area contributed by atoms with Crippen molar-refractivity contribution >= 4 is 26.9 Å². The highest BCUT2D eigenvalue weighted by Crippen LogP contribution is 2.25. The largest absolute Gasteiger partial charge is 0.297 e. The molecule has 0 atom stereocenters. The summed E-state index contributed by atoms with van der Waals surface area (Å²) in [6.45, 7) is 1.89. The number of benzene rings is 1. The van der Waals surface area contributed by atoms with Gasteiger partial charge in [-0.05, 0) is 18.6 Å². The average Bonchev–Trinajstić information content (AvgIpc) is 2.42. The number of anilines is 1. The van der Waals surface area contributed by atoms with Gasteiger partial charge in [-0.25, -0.2) is 5.14 Å². The maximum absolute atomic E-state index is 11.0. The highest BCUT2D eigenvalue weighted by molar-refractivity contribution is 7.90. The molecule has 0 aliphatic rings. The lowest BCUT2D eigenvalue weighted by atomic mass is 10.1. The molecule has 0 amide bonds. The normalized spacial score (nSPS) is 11.9. The van der Waals surface area contributed by atoms with Gasteiger partial charge in [0.2, 0.25) is 0 Å². The number of rotatable bonds is 2. The minimum absolute atomic E-state index is 0.262.